The average molecular weight is 390 g/mol. The van der Waals surface area contributed by atoms with Gasteiger partial charge in [0.15, 0.2) is 5.60 Å². The molecule has 1 atom stereocenters. The van der Waals surface area contributed by atoms with Crippen LogP contribution in [0.2, 0.25) is 0 Å². The van der Waals surface area contributed by atoms with Gasteiger partial charge in [0.25, 0.3) is 0 Å². The number of nitrogens with one attached hydrogen (secondary N) is 1. The van der Waals surface area contributed by atoms with Gasteiger partial charge in [0.1, 0.15) is 0 Å². The number of anilines is 1. The minimum Gasteiger partial charge on any atom is -0.479 e. The molecule has 1 saturated carbocycles. The van der Waals surface area contributed by atoms with Crippen molar-refractivity contribution in [1.29, 1.82) is 0 Å². The summed E-state index contributed by atoms with van der Waals surface area (Å²) in [5, 5.41) is 22.5. The van der Waals surface area contributed by atoms with E-state index in [9.17, 15) is 19.8 Å². The van der Waals surface area contributed by atoms with E-state index in [0.717, 1.165) is 44.9 Å². The zero-order valence-corrected chi connectivity index (χ0v) is 17.5. The highest BCUT2D eigenvalue weighted by Gasteiger charge is 2.41. The SMILES string of the molecule is CCC(CC)CC1(C(=O)Nc2ccccc2C[C@](C)(O)C(=O)O)CCCCC1. The number of hydrogen-bond donors (Lipinski definition) is 3. The Balaban J connectivity index is 2.25. The van der Waals surface area contributed by atoms with Crippen LogP contribution in [-0.4, -0.2) is 27.7 Å². The molecule has 1 aromatic carbocycles. The van der Waals surface area contributed by atoms with Crippen LogP contribution in [0, 0.1) is 11.3 Å². The summed E-state index contributed by atoms with van der Waals surface area (Å²) in [6.45, 7) is 5.65. The molecule has 1 fully saturated rings. The van der Waals surface area contributed by atoms with Gasteiger partial charge in [-0.25, -0.2) is 4.79 Å². The number of benzene rings is 1. The number of rotatable bonds is 9. The van der Waals surface area contributed by atoms with Crippen molar-refractivity contribution >= 4 is 17.6 Å². The number of aliphatic carboxylic acids is 1. The first-order valence-electron chi connectivity index (χ1n) is 10.6. The van der Waals surface area contributed by atoms with Crippen molar-refractivity contribution < 1.29 is 19.8 Å². The molecule has 0 aliphatic heterocycles. The van der Waals surface area contributed by atoms with Crippen LogP contribution in [0.1, 0.15) is 77.7 Å². The fourth-order valence-electron chi connectivity index (χ4n) is 4.38. The summed E-state index contributed by atoms with van der Waals surface area (Å²) < 4.78 is 0. The van der Waals surface area contributed by atoms with Crippen molar-refractivity contribution in [2.45, 2.75) is 84.2 Å². The van der Waals surface area contributed by atoms with Gasteiger partial charge in [0, 0.05) is 17.5 Å². The number of hydrogen-bond acceptors (Lipinski definition) is 3. The smallest absolute Gasteiger partial charge is 0.335 e. The summed E-state index contributed by atoms with van der Waals surface area (Å²) in [6.07, 6.45) is 8.13. The van der Waals surface area contributed by atoms with Gasteiger partial charge in [0.2, 0.25) is 5.91 Å². The first-order valence-corrected chi connectivity index (χ1v) is 10.6. The number of carboxylic acid groups (broad SMARTS) is 1. The second kappa shape index (κ2) is 9.55. The molecule has 1 aromatic rings. The van der Waals surface area contributed by atoms with Crippen LogP contribution in [0.25, 0.3) is 0 Å². The quantitative estimate of drug-likeness (QED) is 0.567. The average Bonchev–Trinajstić information content (AvgIpc) is 2.68. The third-order valence-corrected chi connectivity index (χ3v) is 6.39. The van der Waals surface area contributed by atoms with Crippen molar-refractivity contribution in [1.82, 2.24) is 0 Å². The normalized spacial score (nSPS) is 18.5. The van der Waals surface area contributed by atoms with Gasteiger partial charge in [-0.1, -0.05) is 64.2 Å². The monoisotopic (exact) mass is 389 g/mol. The van der Waals surface area contributed by atoms with Gasteiger partial charge in [-0.15, -0.1) is 0 Å². The Hall–Kier alpha value is -1.88. The highest BCUT2D eigenvalue weighted by molar-refractivity contribution is 5.96. The van der Waals surface area contributed by atoms with E-state index in [0.29, 0.717) is 17.2 Å². The number of carbonyl (C=O) groups is 2. The van der Waals surface area contributed by atoms with E-state index in [-0.39, 0.29) is 17.7 Å². The largest absolute Gasteiger partial charge is 0.479 e. The van der Waals surface area contributed by atoms with Gasteiger partial charge < -0.3 is 15.5 Å². The number of amides is 1. The maximum absolute atomic E-state index is 13.4. The molecule has 0 spiro atoms. The van der Waals surface area contributed by atoms with Crippen molar-refractivity contribution in [3.05, 3.63) is 29.8 Å². The Bertz CT molecular complexity index is 673. The Labute approximate surface area is 168 Å². The fraction of sp³-hybridized carbons (Fsp3) is 0.652. The van der Waals surface area contributed by atoms with Gasteiger partial charge in [-0.3, -0.25) is 4.79 Å². The molecule has 156 valence electrons. The van der Waals surface area contributed by atoms with E-state index in [1.165, 1.54) is 13.3 Å². The molecule has 2 rings (SSSR count). The molecule has 3 N–H and O–H groups in total. The lowest BCUT2D eigenvalue weighted by atomic mass is 9.67. The molecule has 0 bridgehead atoms. The van der Waals surface area contributed by atoms with E-state index in [2.05, 4.69) is 19.2 Å². The maximum atomic E-state index is 13.4. The van der Waals surface area contributed by atoms with Gasteiger partial charge in [-0.2, -0.15) is 0 Å². The zero-order chi connectivity index (χ0) is 20.8. The van der Waals surface area contributed by atoms with Gasteiger partial charge in [-0.05, 0) is 43.7 Å². The second-order valence-electron chi connectivity index (χ2n) is 8.59. The summed E-state index contributed by atoms with van der Waals surface area (Å²) in [4.78, 5) is 24.7. The zero-order valence-electron chi connectivity index (χ0n) is 17.5. The predicted octanol–water partition coefficient (Wildman–Crippen LogP) is 4.78. The van der Waals surface area contributed by atoms with Crippen LogP contribution >= 0.6 is 0 Å². The summed E-state index contributed by atoms with van der Waals surface area (Å²) in [6, 6.07) is 7.17. The Kier molecular flexibility index (Phi) is 7.64. The molecular weight excluding hydrogens is 354 g/mol. The van der Waals surface area contributed by atoms with Crippen LogP contribution in [0.4, 0.5) is 5.69 Å². The number of carboxylic acids is 1. The minimum absolute atomic E-state index is 0.0431. The summed E-state index contributed by atoms with van der Waals surface area (Å²) in [7, 11) is 0. The molecule has 28 heavy (non-hydrogen) atoms. The van der Waals surface area contributed by atoms with E-state index in [4.69, 9.17) is 0 Å². The summed E-state index contributed by atoms with van der Waals surface area (Å²) in [5.41, 5.74) is -0.990. The first-order chi connectivity index (χ1) is 13.2. The Morgan fingerprint density at radius 2 is 1.75 bits per heavy atom. The third kappa shape index (κ3) is 5.34. The topological polar surface area (TPSA) is 86.6 Å². The Morgan fingerprint density at radius 1 is 1.14 bits per heavy atom. The standard InChI is InChI=1S/C23H35NO4/c1-4-17(5-2)15-23(13-9-6-10-14-23)20(25)24-19-12-8-7-11-18(19)16-22(3,28)21(26)27/h7-8,11-12,17,28H,4-6,9-10,13-16H2,1-3H3,(H,24,25)(H,26,27)/t22-/m0/s1. The molecule has 0 aromatic heterocycles. The van der Waals surface area contributed by atoms with E-state index >= 15 is 0 Å². The highest BCUT2D eigenvalue weighted by Crippen LogP contribution is 2.44. The summed E-state index contributed by atoms with van der Waals surface area (Å²) >= 11 is 0. The number of aliphatic hydroxyl groups is 1. The van der Waals surface area contributed by atoms with Gasteiger partial charge >= 0.3 is 5.97 Å². The van der Waals surface area contributed by atoms with Crippen molar-refractivity contribution in [3.63, 3.8) is 0 Å². The predicted molar refractivity (Wildman–Crippen MR) is 111 cm³/mol. The van der Waals surface area contributed by atoms with Crippen LogP contribution in [0.3, 0.4) is 0 Å². The van der Waals surface area contributed by atoms with Crippen LogP contribution in [0.15, 0.2) is 24.3 Å². The molecule has 0 heterocycles. The summed E-state index contributed by atoms with van der Waals surface area (Å²) in [5.74, 6) is -0.695. The third-order valence-electron chi connectivity index (χ3n) is 6.39. The van der Waals surface area contributed by atoms with Crippen LogP contribution < -0.4 is 5.32 Å². The second-order valence-corrected chi connectivity index (χ2v) is 8.59. The molecule has 5 heteroatoms. The first kappa shape index (κ1) is 22.4. The van der Waals surface area contributed by atoms with E-state index in [1.807, 2.05) is 6.07 Å². The number of para-hydroxylation sites is 1. The van der Waals surface area contributed by atoms with Crippen LogP contribution in [-0.2, 0) is 16.0 Å². The molecule has 0 unspecified atom stereocenters. The molecule has 5 nitrogen and oxygen atoms in total. The Morgan fingerprint density at radius 3 is 2.32 bits per heavy atom. The maximum Gasteiger partial charge on any atom is 0.335 e. The number of carbonyl (C=O) groups excluding carboxylic acids is 1. The van der Waals surface area contributed by atoms with E-state index < -0.39 is 11.6 Å². The lowest BCUT2D eigenvalue weighted by molar-refractivity contribution is -0.156. The van der Waals surface area contributed by atoms with Gasteiger partial charge in [0.05, 0.1) is 0 Å². The fourth-order valence-corrected chi connectivity index (χ4v) is 4.38. The molecule has 0 saturated heterocycles. The molecule has 1 aliphatic rings. The molecule has 0 radical (unpaired) electrons. The highest BCUT2D eigenvalue weighted by atomic mass is 16.4. The molecular formula is C23H35NO4. The van der Waals surface area contributed by atoms with Crippen molar-refractivity contribution in [2.24, 2.45) is 11.3 Å². The van der Waals surface area contributed by atoms with Crippen molar-refractivity contribution in [3.8, 4) is 0 Å². The molecule has 1 aliphatic carbocycles. The lowest BCUT2D eigenvalue weighted by Crippen LogP contribution is -2.40. The minimum atomic E-state index is -1.88. The van der Waals surface area contributed by atoms with Crippen LogP contribution in [0.5, 0.6) is 0 Å². The molecule has 1 amide bonds. The van der Waals surface area contributed by atoms with E-state index in [1.54, 1.807) is 18.2 Å². The van der Waals surface area contributed by atoms with Crippen molar-refractivity contribution in [2.75, 3.05) is 5.32 Å². The lowest BCUT2D eigenvalue weighted by Gasteiger charge is -2.38.